The molecule has 0 amide bonds. The van der Waals surface area contributed by atoms with Gasteiger partial charge in [0.2, 0.25) is 0 Å². The van der Waals surface area contributed by atoms with E-state index >= 15 is 0 Å². The molecule has 2 aromatic rings. The third-order valence-electron chi connectivity index (χ3n) is 6.17. The van der Waals surface area contributed by atoms with Crippen molar-refractivity contribution in [3.8, 4) is 5.75 Å². The van der Waals surface area contributed by atoms with E-state index in [9.17, 15) is 4.79 Å². The zero-order valence-electron chi connectivity index (χ0n) is 15.7. The van der Waals surface area contributed by atoms with Crippen molar-refractivity contribution < 1.29 is 14.6 Å². The van der Waals surface area contributed by atoms with E-state index < -0.39 is 5.97 Å². The second-order valence-electron chi connectivity index (χ2n) is 8.14. The fourth-order valence-corrected chi connectivity index (χ4v) is 4.42. The molecular weight excluding hydrogens is 336 g/mol. The van der Waals surface area contributed by atoms with Crippen molar-refractivity contribution in [2.45, 2.75) is 57.0 Å². The molecule has 2 aliphatic rings. The SMILES string of the molecule is O=C(O)[C@@H]1C[C@H]1CCc1ccc([C@@H]2CCC[C@H](Oc3ccccc3)C2)cc1. The minimum Gasteiger partial charge on any atom is -0.490 e. The predicted molar refractivity (Wildman–Crippen MR) is 106 cm³/mol. The van der Waals surface area contributed by atoms with Crippen LogP contribution in [0.25, 0.3) is 0 Å². The van der Waals surface area contributed by atoms with Crippen LogP contribution in [0.15, 0.2) is 54.6 Å². The number of para-hydroxylation sites is 1. The van der Waals surface area contributed by atoms with Crippen LogP contribution in [-0.2, 0) is 11.2 Å². The third-order valence-corrected chi connectivity index (χ3v) is 6.17. The molecule has 0 aliphatic heterocycles. The van der Waals surface area contributed by atoms with Gasteiger partial charge in [-0.25, -0.2) is 0 Å². The monoisotopic (exact) mass is 364 g/mol. The molecule has 4 rings (SSSR count). The number of hydrogen-bond donors (Lipinski definition) is 1. The molecule has 0 aromatic heterocycles. The van der Waals surface area contributed by atoms with Crippen LogP contribution in [0.5, 0.6) is 5.75 Å². The van der Waals surface area contributed by atoms with E-state index in [2.05, 4.69) is 24.3 Å². The fraction of sp³-hybridized carbons (Fsp3) is 0.458. The molecule has 3 heteroatoms. The summed E-state index contributed by atoms with van der Waals surface area (Å²) in [6.07, 6.45) is 7.79. The van der Waals surface area contributed by atoms with Crippen LogP contribution >= 0.6 is 0 Å². The van der Waals surface area contributed by atoms with Crippen molar-refractivity contribution in [3.05, 3.63) is 65.7 Å². The minimum atomic E-state index is -0.625. The maximum Gasteiger partial charge on any atom is 0.306 e. The highest BCUT2D eigenvalue weighted by atomic mass is 16.5. The molecule has 0 saturated heterocycles. The Labute approximate surface area is 161 Å². The van der Waals surface area contributed by atoms with Crippen LogP contribution in [0.2, 0.25) is 0 Å². The molecule has 0 spiro atoms. The first-order valence-electron chi connectivity index (χ1n) is 10.2. The van der Waals surface area contributed by atoms with Crippen molar-refractivity contribution in [3.63, 3.8) is 0 Å². The fourth-order valence-electron chi connectivity index (χ4n) is 4.42. The molecule has 0 bridgehead atoms. The van der Waals surface area contributed by atoms with Gasteiger partial charge in [0, 0.05) is 0 Å². The first-order valence-corrected chi connectivity index (χ1v) is 10.2. The number of hydrogen-bond acceptors (Lipinski definition) is 2. The highest BCUT2D eigenvalue weighted by molar-refractivity contribution is 5.73. The van der Waals surface area contributed by atoms with Gasteiger partial charge in [-0.3, -0.25) is 4.79 Å². The Bertz CT molecular complexity index is 753. The van der Waals surface area contributed by atoms with Crippen LogP contribution in [0.3, 0.4) is 0 Å². The number of carboxylic acids is 1. The van der Waals surface area contributed by atoms with E-state index in [4.69, 9.17) is 9.84 Å². The van der Waals surface area contributed by atoms with E-state index in [1.807, 2.05) is 30.3 Å². The van der Waals surface area contributed by atoms with Crippen molar-refractivity contribution in [2.75, 3.05) is 0 Å². The first kappa shape index (κ1) is 18.1. The lowest BCUT2D eigenvalue weighted by Gasteiger charge is -2.30. The van der Waals surface area contributed by atoms with Crippen molar-refractivity contribution in [1.29, 1.82) is 0 Å². The van der Waals surface area contributed by atoms with E-state index in [1.165, 1.54) is 24.0 Å². The third kappa shape index (κ3) is 4.71. The molecule has 0 unspecified atom stereocenters. The zero-order valence-corrected chi connectivity index (χ0v) is 15.7. The molecule has 142 valence electrons. The number of aryl methyl sites for hydroxylation is 1. The maximum absolute atomic E-state index is 10.9. The number of carbonyl (C=O) groups is 1. The molecule has 2 aliphatic carbocycles. The van der Waals surface area contributed by atoms with Gasteiger partial charge in [-0.1, -0.05) is 42.5 Å². The molecule has 2 aromatic carbocycles. The Morgan fingerprint density at radius 2 is 1.78 bits per heavy atom. The van der Waals surface area contributed by atoms with Crippen LogP contribution in [0.4, 0.5) is 0 Å². The van der Waals surface area contributed by atoms with Crippen LogP contribution < -0.4 is 4.74 Å². The van der Waals surface area contributed by atoms with Crippen LogP contribution in [0, 0.1) is 11.8 Å². The summed E-state index contributed by atoms with van der Waals surface area (Å²) in [6, 6.07) is 19.1. The van der Waals surface area contributed by atoms with Crippen molar-refractivity contribution in [2.24, 2.45) is 11.8 Å². The molecule has 3 nitrogen and oxygen atoms in total. The van der Waals surface area contributed by atoms with Crippen molar-refractivity contribution >= 4 is 5.97 Å². The van der Waals surface area contributed by atoms with E-state index in [-0.39, 0.29) is 5.92 Å². The van der Waals surface area contributed by atoms with Gasteiger partial charge in [-0.15, -0.1) is 0 Å². The number of benzene rings is 2. The van der Waals surface area contributed by atoms with E-state index in [0.29, 0.717) is 17.9 Å². The standard InChI is InChI=1S/C24H28O3/c25-24(26)23-16-20(23)14-11-17-9-12-18(13-10-17)19-5-4-8-22(15-19)27-21-6-2-1-3-7-21/h1-3,6-7,9-10,12-13,19-20,22-23H,4-5,8,11,14-16H2,(H,25,26)/t19-,20-,22+,23-/m1/s1. The van der Waals surface area contributed by atoms with Crippen LogP contribution in [0.1, 0.15) is 55.6 Å². The average Bonchev–Trinajstić information content (AvgIpc) is 3.48. The molecule has 4 atom stereocenters. The number of ether oxygens (including phenoxy) is 1. The lowest BCUT2D eigenvalue weighted by molar-refractivity contribution is -0.138. The normalized spacial score (nSPS) is 27.1. The molecule has 1 N–H and O–H groups in total. The summed E-state index contributed by atoms with van der Waals surface area (Å²) in [5, 5.41) is 9.01. The topological polar surface area (TPSA) is 46.5 Å². The summed E-state index contributed by atoms with van der Waals surface area (Å²) in [5.41, 5.74) is 2.73. The molecular formula is C24H28O3. The van der Waals surface area contributed by atoms with Gasteiger partial charge in [0.1, 0.15) is 5.75 Å². The Kier molecular flexibility index (Phi) is 5.47. The van der Waals surface area contributed by atoms with Gasteiger partial charge < -0.3 is 9.84 Å². The molecule has 27 heavy (non-hydrogen) atoms. The quantitative estimate of drug-likeness (QED) is 0.711. The number of rotatable bonds is 7. The smallest absolute Gasteiger partial charge is 0.306 e. The Morgan fingerprint density at radius 3 is 2.48 bits per heavy atom. The predicted octanol–water partition coefficient (Wildman–Crippen LogP) is 5.45. The van der Waals surface area contributed by atoms with Gasteiger partial charge in [-0.2, -0.15) is 0 Å². The second-order valence-corrected chi connectivity index (χ2v) is 8.14. The average molecular weight is 364 g/mol. The zero-order chi connectivity index (χ0) is 18.6. The first-order chi connectivity index (χ1) is 13.2. The van der Waals surface area contributed by atoms with Gasteiger partial charge >= 0.3 is 5.97 Å². The summed E-state index contributed by atoms with van der Waals surface area (Å²) >= 11 is 0. The second kappa shape index (κ2) is 8.16. The number of carboxylic acid groups (broad SMARTS) is 1. The summed E-state index contributed by atoms with van der Waals surface area (Å²) in [7, 11) is 0. The molecule has 0 radical (unpaired) electrons. The summed E-state index contributed by atoms with van der Waals surface area (Å²) < 4.78 is 6.18. The Hall–Kier alpha value is -2.29. The maximum atomic E-state index is 10.9. The van der Waals surface area contributed by atoms with E-state index in [0.717, 1.165) is 37.9 Å². The lowest BCUT2D eigenvalue weighted by atomic mass is 9.82. The summed E-state index contributed by atoms with van der Waals surface area (Å²) in [5.74, 6) is 1.21. The lowest BCUT2D eigenvalue weighted by Crippen LogP contribution is -2.24. The highest BCUT2D eigenvalue weighted by Gasteiger charge is 2.42. The van der Waals surface area contributed by atoms with Crippen LogP contribution in [-0.4, -0.2) is 17.2 Å². The van der Waals surface area contributed by atoms with Crippen molar-refractivity contribution in [1.82, 2.24) is 0 Å². The Morgan fingerprint density at radius 1 is 1.00 bits per heavy atom. The molecule has 2 fully saturated rings. The van der Waals surface area contributed by atoms with Gasteiger partial charge in [0.05, 0.1) is 12.0 Å². The Balaban J connectivity index is 1.29. The van der Waals surface area contributed by atoms with Gasteiger partial charge in [0.25, 0.3) is 0 Å². The van der Waals surface area contributed by atoms with E-state index in [1.54, 1.807) is 0 Å². The summed E-state index contributed by atoms with van der Waals surface area (Å²) in [6.45, 7) is 0. The van der Waals surface area contributed by atoms with Gasteiger partial charge in [0.15, 0.2) is 0 Å². The largest absolute Gasteiger partial charge is 0.490 e. The minimum absolute atomic E-state index is 0.0898. The van der Waals surface area contributed by atoms with Gasteiger partial charge in [-0.05, 0) is 80.0 Å². The number of aliphatic carboxylic acids is 1. The molecule has 0 heterocycles. The summed E-state index contributed by atoms with van der Waals surface area (Å²) in [4.78, 5) is 10.9. The molecule has 2 saturated carbocycles. The highest BCUT2D eigenvalue weighted by Crippen LogP contribution is 2.42.